The number of aliphatic hydroxyl groups excluding tert-OH is 1. The molecule has 0 fully saturated rings. The summed E-state index contributed by atoms with van der Waals surface area (Å²) in [6.45, 7) is 7.92. The van der Waals surface area contributed by atoms with Gasteiger partial charge in [0, 0.05) is 12.1 Å². The lowest BCUT2D eigenvalue weighted by Crippen LogP contribution is -2.37. The molecule has 0 amide bonds. The van der Waals surface area contributed by atoms with Crippen LogP contribution in [0.3, 0.4) is 0 Å². The van der Waals surface area contributed by atoms with Crippen LogP contribution in [0.1, 0.15) is 13.8 Å². The Bertz CT molecular complexity index is 103. The first-order valence-corrected chi connectivity index (χ1v) is 3.58. The van der Waals surface area contributed by atoms with Gasteiger partial charge in [0.1, 0.15) is 0 Å². The van der Waals surface area contributed by atoms with E-state index in [9.17, 15) is 0 Å². The molecule has 0 bridgehead atoms. The predicted molar refractivity (Wildman–Crippen MR) is 44.0 cm³/mol. The summed E-state index contributed by atoms with van der Waals surface area (Å²) in [5.41, 5.74) is 0. The maximum Gasteiger partial charge on any atom is 0.0584 e. The van der Waals surface area contributed by atoms with Crippen LogP contribution in [0.5, 0.6) is 0 Å². The van der Waals surface area contributed by atoms with Crippen molar-refractivity contribution in [3.05, 3.63) is 12.7 Å². The van der Waals surface area contributed by atoms with E-state index < -0.39 is 0 Å². The fourth-order valence-electron chi connectivity index (χ4n) is 0.696. The second-order valence-electron chi connectivity index (χ2n) is 2.67. The highest BCUT2D eigenvalue weighted by molar-refractivity contribution is 4.84. The third-order valence-corrected chi connectivity index (χ3v) is 1.94. The maximum atomic E-state index is 8.77. The zero-order chi connectivity index (χ0) is 8.15. The highest BCUT2D eigenvalue weighted by Crippen LogP contribution is 2.01. The smallest absolute Gasteiger partial charge is 0.0584 e. The van der Waals surface area contributed by atoms with E-state index >= 15 is 0 Å². The van der Waals surface area contributed by atoms with E-state index in [1.807, 2.05) is 20.0 Å². The zero-order valence-electron chi connectivity index (χ0n) is 7.04. The highest BCUT2D eigenvalue weighted by atomic mass is 16.3. The van der Waals surface area contributed by atoms with E-state index in [1.54, 1.807) is 0 Å². The van der Waals surface area contributed by atoms with Crippen LogP contribution >= 0.6 is 0 Å². The van der Waals surface area contributed by atoms with Crippen molar-refractivity contribution in [2.45, 2.75) is 25.9 Å². The van der Waals surface area contributed by atoms with Crippen LogP contribution in [0.2, 0.25) is 0 Å². The number of aliphatic hydroxyl groups is 1. The minimum atomic E-state index is 0.203. The number of hydrogen-bond donors (Lipinski definition) is 1. The Kier molecular flexibility index (Phi) is 4.32. The van der Waals surface area contributed by atoms with Crippen molar-refractivity contribution in [2.24, 2.45) is 0 Å². The Morgan fingerprint density at radius 3 is 2.40 bits per heavy atom. The van der Waals surface area contributed by atoms with Gasteiger partial charge in [-0.3, -0.25) is 4.90 Å². The maximum absolute atomic E-state index is 8.77. The normalized spacial score (nSPS) is 16.9. The van der Waals surface area contributed by atoms with Gasteiger partial charge >= 0.3 is 0 Å². The van der Waals surface area contributed by atoms with Crippen molar-refractivity contribution in [1.82, 2.24) is 4.90 Å². The minimum Gasteiger partial charge on any atom is -0.395 e. The lowest BCUT2D eigenvalue weighted by atomic mass is 10.2. The SMILES string of the molecule is C=CC(C)N(C)C(C)CO. The van der Waals surface area contributed by atoms with Gasteiger partial charge in [0.25, 0.3) is 0 Å². The Morgan fingerprint density at radius 2 is 2.10 bits per heavy atom. The van der Waals surface area contributed by atoms with Crippen molar-refractivity contribution < 1.29 is 5.11 Å². The van der Waals surface area contributed by atoms with E-state index in [2.05, 4.69) is 18.4 Å². The molecule has 2 nitrogen and oxygen atoms in total. The van der Waals surface area contributed by atoms with E-state index in [1.165, 1.54) is 0 Å². The molecule has 0 spiro atoms. The van der Waals surface area contributed by atoms with Gasteiger partial charge < -0.3 is 5.11 Å². The molecule has 2 unspecified atom stereocenters. The Hall–Kier alpha value is -0.340. The second kappa shape index (κ2) is 4.47. The lowest BCUT2D eigenvalue weighted by molar-refractivity contribution is 0.143. The third kappa shape index (κ3) is 2.50. The van der Waals surface area contributed by atoms with Crippen LogP contribution in [-0.2, 0) is 0 Å². The molecule has 0 aromatic heterocycles. The summed E-state index contributed by atoms with van der Waals surface area (Å²) in [4.78, 5) is 2.08. The first-order valence-electron chi connectivity index (χ1n) is 3.58. The molecule has 0 saturated carbocycles. The molecule has 0 aromatic carbocycles. The Morgan fingerprint density at radius 1 is 1.60 bits per heavy atom. The fraction of sp³-hybridized carbons (Fsp3) is 0.750. The number of nitrogens with zero attached hydrogens (tertiary/aromatic N) is 1. The average molecular weight is 143 g/mol. The van der Waals surface area contributed by atoms with E-state index in [-0.39, 0.29) is 12.6 Å². The number of rotatable bonds is 4. The van der Waals surface area contributed by atoms with Gasteiger partial charge in [0.05, 0.1) is 6.61 Å². The van der Waals surface area contributed by atoms with Crippen molar-refractivity contribution in [3.63, 3.8) is 0 Å². The Labute approximate surface area is 63.2 Å². The molecule has 2 atom stereocenters. The molecule has 10 heavy (non-hydrogen) atoms. The van der Waals surface area contributed by atoms with Crippen molar-refractivity contribution in [2.75, 3.05) is 13.7 Å². The molecule has 0 rings (SSSR count). The molecule has 0 aliphatic heterocycles. The average Bonchev–Trinajstić information content (AvgIpc) is 2.00. The number of likely N-dealkylation sites (N-methyl/N-ethyl adjacent to an activating group) is 1. The molecular weight excluding hydrogens is 126 g/mol. The first kappa shape index (κ1) is 9.66. The molecule has 2 heteroatoms. The Balaban J connectivity index is 3.80. The monoisotopic (exact) mass is 143 g/mol. The van der Waals surface area contributed by atoms with Gasteiger partial charge in [-0.15, -0.1) is 6.58 Å². The van der Waals surface area contributed by atoms with E-state index in [0.717, 1.165) is 0 Å². The van der Waals surface area contributed by atoms with Gasteiger partial charge in [-0.25, -0.2) is 0 Å². The molecule has 0 heterocycles. The molecule has 60 valence electrons. The quantitative estimate of drug-likeness (QED) is 0.590. The van der Waals surface area contributed by atoms with Crippen LogP contribution in [-0.4, -0.2) is 35.7 Å². The summed E-state index contributed by atoms with van der Waals surface area (Å²) < 4.78 is 0. The standard InChI is InChI=1S/C8H17NO/c1-5-7(2)9(4)8(3)6-10/h5,7-8,10H,1,6H2,2-4H3. The number of hydrogen-bond acceptors (Lipinski definition) is 2. The van der Waals surface area contributed by atoms with Crippen molar-refractivity contribution in [1.29, 1.82) is 0 Å². The van der Waals surface area contributed by atoms with Gasteiger partial charge in [0.15, 0.2) is 0 Å². The fourth-order valence-corrected chi connectivity index (χ4v) is 0.696. The van der Waals surface area contributed by atoms with Gasteiger partial charge in [-0.05, 0) is 20.9 Å². The molecule has 0 aromatic rings. The molecule has 0 radical (unpaired) electrons. The van der Waals surface area contributed by atoms with E-state index in [0.29, 0.717) is 6.04 Å². The largest absolute Gasteiger partial charge is 0.395 e. The molecule has 0 aliphatic rings. The summed E-state index contributed by atoms with van der Waals surface area (Å²) in [5.74, 6) is 0. The van der Waals surface area contributed by atoms with Crippen molar-refractivity contribution >= 4 is 0 Å². The molecular formula is C8H17NO. The van der Waals surface area contributed by atoms with Crippen LogP contribution < -0.4 is 0 Å². The van der Waals surface area contributed by atoms with Gasteiger partial charge in [0.2, 0.25) is 0 Å². The molecule has 0 aliphatic carbocycles. The summed E-state index contributed by atoms with van der Waals surface area (Å²) >= 11 is 0. The van der Waals surface area contributed by atoms with Gasteiger partial charge in [-0.2, -0.15) is 0 Å². The zero-order valence-corrected chi connectivity index (χ0v) is 7.04. The topological polar surface area (TPSA) is 23.5 Å². The molecule has 0 saturated heterocycles. The van der Waals surface area contributed by atoms with Gasteiger partial charge in [-0.1, -0.05) is 6.08 Å². The lowest BCUT2D eigenvalue weighted by Gasteiger charge is -2.27. The second-order valence-corrected chi connectivity index (χ2v) is 2.67. The third-order valence-electron chi connectivity index (χ3n) is 1.94. The van der Waals surface area contributed by atoms with Crippen LogP contribution in [0.4, 0.5) is 0 Å². The van der Waals surface area contributed by atoms with Crippen LogP contribution in [0, 0.1) is 0 Å². The summed E-state index contributed by atoms with van der Waals surface area (Å²) in [6.07, 6.45) is 1.87. The van der Waals surface area contributed by atoms with Crippen LogP contribution in [0.15, 0.2) is 12.7 Å². The molecule has 1 N–H and O–H groups in total. The van der Waals surface area contributed by atoms with E-state index in [4.69, 9.17) is 5.11 Å². The van der Waals surface area contributed by atoms with Crippen molar-refractivity contribution in [3.8, 4) is 0 Å². The van der Waals surface area contributed by atoms with Crippen LogP contribution in [0.25, 0.3) is 0 Å². The minimum absolute atomic E-state index is 0.203. The highest BCUT2D eigenvalue weighted by Gasteiger charge is 2.10. The summed E-state index contributed by atoms with van der Waals surface area (Å²) in [7, 11) is 1.98. The first-order chi connectivity index (χ1) is 4.63. The predicted octanol–water partition coefficient (Wildman–Crippen LogP) is 0.873. The summed E-state index contributed by atoms with van der Waals surface area (Å²) in [5, 5.41) is 8.77. The summed E-state index contributed by atoms with van der Waals surface area (Å²) in [6, 6.07) is 0.551.